The van der Waals surface area contributed by atoms with Crippen molar-refractivity contribution < 1.29 is 4.74 Å². The number of aryl methyl sites for hydroxylation is 1. The average molecular weight is 235 g/mol. The second kappa shape index (κ2) is 6.65. The van der Waals surface area contributed by atoms with Gasteiger partial charge in [0.05, 0.1) is 6.61 Å². The van der Waals surface area contributed by atoms with E-state index < -0.39 is 0 Å². The van der Waals surface area contributed by atoms with Crippen LogP contribution in [0.2, 0.25) is 0 Å². The van der Waals surface area contributed by atoms with E-state index in [1.54, 1.807) is 0 Å². The van der Waals surface area contributed by atoms with E-state index >= 15 is 0 Å². The highest BCUT2D eigenvalue weighted by molar-refractivity contribution is 5.27. The second-order valence-electron chi connectivity index (χ2n) is 5.38. The molecule has 2 nitrogen and oxygen atoms in total. The maximum Gasteiger partial charge on any atom is 0.119 e. The van der Waals surface area contributed by atoms with Gasteiger partial charge in [-0.25, -0.2) is 0 Å². The normalized spacial score (nSPS) is 11.5. The van der Waals surface area contributed by atoms with E-state index in [0.29, 0.717) is 0 Å². The van der Waals surface area contributed by atoms with Gasteiger partial charge in [0.2, 0.25) is 0 Å². The van der Waals surface area contributed by atoms with Crippen molar-refractivity contribution in [3.05, 3.63) is 29.8 Å². The van der Waals surface area contributed by atoms with Crippen molar-refractivity contribution in [1.29, 1.82) is 0 Å². The van der Waals surface area contributed by atoms with E-state index in [1.165, 1.54) is 12.0 Å². The molecule has 1 aromatic carbocycles. The summed E-state index contributed by atoms with van der Waals surface area (Å²) in [6.07, 6.45) is 2.33. The molecule has 1 aromatic rings. The number of ether oxygens (including phenoxy) is 1. The summed E-state index contributed by atoms with van der Waals surface area (Å²) < 4.78 is 5.82. The van der Waals surface area contributed by atoms with E-state index in [9.17, 15) is 0 Å². The molecule has 0 saturated heterocycles. The molecule has 0 radical (unpaired) electrons. The lowest BCUT2D eigenvalue weighted by Gasteiger charge is -2.24. The minimum absolute atomic E-state index is 0.164. The number of rotatable bonds is 7. The Balaban J connectivity index is 2.46. The molecule has 0 spiro atoms. The highest BCUT2D eigenvalue weighted by Crippen LogP contribution is 2.18. The van der Waals surface area contributed by atoms with Gasteiger partial charge in [0, 0.05) is 12.0 Å². The van der Waals surface area contributed by atoms with E-state index in [0.717, 1.165) is 25.3 Å². The first-order valence-corrected chi connectivity index (χ1v) is 6.44. The highest BCUT2D eigenvalue weighted by Gasteiger charge is 2.17. The SMILES string of the molecule is CCCc1ccc(OCC(C)(C)CNC)cc1. The minimum Gasteiger partial charge on any atom is -0.493 e. The van der Waals surface area contributed by atoms with Crippen molar-refractivity contribution in [2.75, 3.05) is 20.2 Å². The van der Waals surface area contributed by atoms with E-state index in [1.807, 2.05) is 7.05 Å². The van der Waals surface area contributed by atoms with Crippen LogP contribution in [0.5, 0.6) is 5.75 Å². The number of hydrogen-bond acceptors (Lipinski definition) is 2. The maximum atomic E-state index is 5.82. The van der Waals surface area contributed by atoms with Gasteiger partial charge in [-0.3, -0.25) is 0 Å². The fourth-order valence-electron chi connectivity index (χ4n) is 1.85. The summed E-state index contributed by atoms with van der Waals surface area (Å²) in [4.78, 5) is 0. The Kier molecular flexibility index (Phi) is 5.49. The smallest absolute Gasteiger partial charge is 0.119 e. The summed E-state index contributed by atoms with van der Waals surface area (Å²) in [6.45, 7) is 8.30. The molecule has 0 bridgehead atoms. The third-order valence-electron chi connectivity index (χ3n) is 2.75. The fraction of sp³-hybridized carbons (Fsp3) is 0.600. The summed E-state index contributed by atoms with van der Waals surface area (Å²) >= 11 is 0. The molecule has 0 unspecified atom stereocenters. The first-order valence-electron chi connectivity index (χ1n) is 6.44. The third-order valence-corrected chi connectivity index (χ3v) is 2.75. The van der Waals surface area contributed by atoms with Crippen molar-refractivity contribution in [3.8, 4) is 5.75 Å². The molecule has 17 heavy (non-hydrogen) atoms. The Morgan fingerprint density at radius 2 is 1.82 bits per heavy atom. The van der Waals surface area contributed by atoms with Gasteiger partial charge in [-0.05, 0) is 31.2 Å². The van der Waals surface area contributed by atoms with Crippen LogP contribution in [0.4, 0.5) is 0 Å². The molecule has 0 amide bonds. The van der Waals surface area contributed by atoms with Crippen LogP contribution >= 0.6 is 0 Å². The predicted octanol–water partition coefficient (Wildman–Crippen LogP) is 3.26. The van der Waals surface area contributed by atoms with Gasteiger partial charge in [-0.15, -0.1) is 0 Å². The van der Waals surface area contributed by atoms with Crippen molar-refractivity contribution in [3.63, 3.8) is 0 Å². The molecule has 0 heterocycles. The van der Waals surface area contributed by atoms with Crippen molar-refractivity contribution in [1.82, 2.24) is 5.32 Å². The van der Waals surface area contributed by atoms with Crippen LogP contribution in [0.1, 0.15) is 32.8 Å². The average Bonchev–Trinajstić information content (AvgIpc) is 2.29. The largest absolute Gasteiger partial charge is 0.493 e. The van der Waals surface area contributed by atoms with E-state index in [2.05, 4.69) is 50.4 Å². The fourth-order valence-corrected chi connectivity index (χ4v) is 1.85. The Labute approximate surface area is 105 Å². The molecule has 0 atom stereocenters. The highest BCUT2D eigenvalue weighted by atomic mass is 16.5. The van der Waals surface area contributed by atoms with Gasteiger partial charge < -0.3 is 10.1 Å². The molecular formula is C15H25NO. The van der Waals surface area contributed by atoms with Crippen LogP contribution in [0.15, 0.2) is 24.3 Å². The summed E-state index contributed by atoms with van der Waals surface area (Å²) in [7, 11) is 1.97. The van der Waals surface area contributed by atoms with Crippen molar-refractivity contribution >= 4 is 0 Å². The summed E-state index contributed by atoms with van der Waals surface area (Å²) in [5, 5.41) is 3.19. The molecule has 96 valence electrons. The Morgan fingerprint density at radius 3 is 2.35 bits per heavy atom. The summed E-state index contributed by atoms with van der Waals surface area (Å²) in [6, 6.07) is 8.45. The number of benzene rings is 1. The van der Waals surface area contributed by atoms with Gasteiger partial charge in [0.25, 0.3) is 0 Å². The maximum absolute atomic E-state index is 5.82. The molecule has 2 heteroatoms. The zero-order valence-corrected chi connectivity index (χ0v) is 11.5. The van der Waals surface area contributed by atoms with Crippen molar-refractivity contribution in [2.45, 2.75) is 33.6 Å². The lowest BCUT2D eigenvalue weighted by atomic mass is 9.95. The number of hydrogen-bond donors (Lipinski definition) is 1. The van der Waals surface area contributed by atoms with E-state index in [-0.39, 0.29) is 5.41 Å². The van der Waals surface area contributed by atoms with Gasteiger partial charge in [-0.2, -0.15) is 0 Å². The molecule has 0 saturated carbocycles. The van der Waals surface area contributed by atoms with Crippen LogP contribution in [0.3, 0.4) is 0 Å². The van der Waals surface area contributed by atoms with Crippen LogP contribution < -0.4 is 10.1 Å². The van der Waals surface area contributed by atoms with Gasteiger partial charge >= 0.3 is 0 Å². The Bertz CT molecular complexity index is 316. The van der Waals surface area contributed by atoms with Gasteiger partial charge in [0.15, 0.2) is 0 Å². The zero-order valence-electron chi connectivity index (χ0n) is 11.5. The minimum atomic E-state index is 0.164. The zero-order chi connectivity index (χ0) is 12.7. The molecule has 0 aliphatic carbocycles. The molecule has 1 N–H and O–H groups in total. The summed E-state index contributed by atoms with van der Waals surface area (Å²) in [5.74, 6) is 0.967. The third kappa shape index (κ3) is 5.22. The molecular weight excluding hydrogens is 210 g/mol. The van der Waals surface area contributed by atoms with Crippen LogP contribution in [0.25, 0.3) is 0 Å². The Hall–Kier alpha value is -1.02. The molecule has 0 aromatic heterocycles. The monoisotopic (exact) mass is 235 g/mol. The quantitative estimate of drug-likeness (QED) is 0.783. The molecule has 1 rings (SSSR count). The summed E-state index contributed by atoms with van der Waals surface area (Å²) in [5.41, 5.74) is 1.55. The Morgan fingerprint density at radius 1 is 1.18 bits per heavy atom. The van der Waals surface area contributed by atoms with Gasteiger partial charge in [0.1, 0.15) is 5.75 Å². The standard InChI is InChI=1S/C15H25NO/c1-5-6-13-7-9-14(10-8-13)17-12-15(2,3)11-16-4/h7-10,16H,5-6,11-12H2,1-4H3. The van der Waals surface area contributed by atoms with Crippen LogP contribution in [0, 0.1) is 5.41 Å². The van der Waals surface area contributed by atoms with Gasteiger partial charge in [-0.1, -0.05) is 39.3 Å². The lowest BCUT2D eigenvalue weighted by molar-refractivity contribution is 0.179. The second-order valence-corrected chi connectivity index (χ2v) is 5.38. The molecule has 0 aliphatic heterocycles. The van der Waals surface area contributed by atoms with E-state index in [4.69, 9.17) is 4.74 Å². The lowest BCUT2D eigenvalue weighted by Crippen LogP contribution is -2.32. The molecule has 0 fully saturated rings. The number of nitrogens with one attached hydrogen (secondary N) is 1. The topological polar surface area (TPSA) is 21.3 Å². The molecule has 0 aliphatic rings. The first-order chi connectivity index (χ1) is 8.07. The van der Waals surface area contributed by atoms with Crippen LogP contribution in [-0.4, -0.2) is 20.2 Å². The van der Waals surface area contributed by atoms with Crippen LogP contribution in [-0.2, 0) is 6.42 Å². The predicted molar refractivity (Wildman–Crippen MR) is 73.6 cm³/mol. The van der Waals surface area contributed by atoms with Crippen molar-refractivity contribution in [2.24, 2.45) is 5.41 Å². The first kappa shape index (κ1) is 14.0.